The molecule has 0 aromatic heterocycles. The van der Waals surface area contributed by atoms with Crippen molar-refractivity contribution >= 4 is 11.9 Å². The normalized spacial score (nSPS) is 12.5. The van der Waals surface area contributed by atoms with E-state index in [1.807, 2.05) is 0 Å². The van der Waals surface area contributed by atoms with Crippen molar-refractivity contribution in [2.24, 2.45) is 0 Å². The van der Waals surface area contributed by atoms with Crippen molar-refractivity contribution in [2.45, 2.75) is 514 Å². The standard InChI is InChI=1S/C88H171NO5/c1-3-5-7-9-11-13-15-17-19-21-23-45-48-52-56-60-64-68-72-76-80-86(91)85(84-90)89-87(92)81-77-73-69-65-61-57-53-49-46-43-41-39-37-35-33-31-29-27-25-24-26-28-30-32-34-36-38-40-42-44-47-51-55-59-63-67-71-75-79-83-94-88(93)82-78-74-70-66-62-58-54-50-22-20-18-16-14-12-10-8-6-4-2/h24-25,28,30,85-86,90-91H,3-23,26-27,29,31-84H2,1-2H3,(H,89,92)/b25-24-,30-28-. The van der Waals surface area contributed by atoms with Crippen molar-refractivity contribution in [3.05, 3.63) is 24.3 Å². The first-order valence-electron chi connectivity index (χ1n) is 43.6. The number of hydrogen-bond donors (Lipinski definition) is 3. The topological polar surface area (TPSA) is 95.9 Å². The van der Waals surface area contributed by atoms with Crippen LogP contribution >= 0.6 is 0 Å². The van der Waals surface area contributed by atoms with E-state index in [9.17, 15) is 19.8 Å². The molecule has 558 valence electrons. The van der Waals surface area contributed by atoms with E-state index in [0.29, 0.717) is 25.9 Å². The van der Waals surface area contributed by atoms with Gasteiger partial charge < -0.3 is 20.3 Å². The van der Waals surface area contributed by atoms with E-state index in [2.05, 4.69) is 43.5 Å². The molecule has 0 spiro atoms. The summed E-state index contributed by atoms with van der Waals surface area (Å²) in [6.07, 6.45) is 109. The number of amides is 1. The van der Waals surface area contributed by atoms with Crippen molar-refractivity contribution in [3.8, 4) is 0 Å². The molecule has 6 heteroatoms. The lowest BCUT2D eigenvalue weighted by Crippen LogP contribution is -2.45. The van der Waals surface area contributed by atoms with Crippen LogP contribution in [0.5, 0.6) is 0 Å². The van der Waals surface area contributed by atoms with Gasteiger partial charge in [-0.05, 0) is 57.8 Å². The van der Waals surface area contributed by atoms with Gasteiger partial charge in [0.2, 0.25) is 5.91 Å². The second kappa shape index (κ2) is 83.8. The molecule has 3 N–H and O–H groups in total. The summed E-state index contributed by atoms with van der Waals surface area (Å²) in [5.74, 6) is -0.000393. The second-order valence-corrected chi connectivity index (χ2v) is 30.2. The Bertz CT molecular complexity index is 1480. The Morgan fingerprint density at radius 3 is 0.809 bits per heavy atom. The van der Waals surface area contributed by atoms with Crippen LogP contribution in [0.3, 0.4) is 0 Å². The molecular weight excluding hydrogens is 1150 g/mol. The predicted molar refractivity (Wildman–Crippen MR) is 417 cm³/mol. The zero-order valence-corrected chi connectivity index (χ0v) is 64.2. The fourth-order valence-corrected chi connectivity index (χ4v) is 14.1. The van der Waals surface area contributed by atoms with Crippen molar-refractivity contribution in [3.63, 3.8) is 0 Å². The Balaban J connectivity index is 3.34. The molecule has 0 aliphatic heterocycles. The van der Waals surface area contributed by atoms with Gasteiger partial charge in [0.05, 0.1) is 25.4 Å². The van der Waals surface area contributed by atoms with Crippen LogP contribution < -0.4 is 5.32 Å². The number of aliphatic hydroxyl groups is 2. The SMILES string of the molecule is CCCCCCCCCCCCCCCCCCCCCCC(O)C(CO)NC(=O)CCCCCCCCCCCCCCCCCCC/C=C\C/C=C\CCCCCCCCCCCCCCCCCOC(=O)CCCCCCCCCCCCCCCCCCCC. The van der Waals surface area contributed by atoms with Crippen LogP contribution in [0, 0.1) is 0 Å². The van der Waals surface area contributed by atoms with E-state index in [0.717, 1.165) is 44.9 Å². The third kappa shape index (κ3) is 79.3. The summed E-state index contributed by atoms with van der Waals surface area (Å²) in [5, 5.41) is 23.5. The fourth-order valence-electron chi connectivity index (χ4n) is 14.1. The highest BCUT2D eigenvalue weighted by Gasteiger charge is 2.20. The van der Waals surface area contributed by atoms with Crippen molar-refractivity contribution in [1.82, 2.24) is 5.32 Å². The van der Waals surface area contributed by atoms with Gasteiger partial charge in [0.15, 0.2) is 0 Å². The van der Waals surface area contributed by atoms with Gasteiger partial charge in [0.25, 0.3) is 0 Å². The molecular formula is C88H171NO5. The highest BCUT2D eigenvalue weighted by molar-refractivity contribution is 5.76. The third-order valence-corrected chi connectivity index (χ3v) is 20.8. The molecule has 2 atom stereocenters. The first kappa shape index (κ1) is 92.3. The first-order valence-corrected chi connectivity index (χ1v) is 43.6. The Kier molecular flexibility index (Phi) is 82.3. The van der Waals surface area contributed by atoms with Crippen LogP contribution in [-0.4, -0.2) is 47.4 Å². The lowest BCUT2D eigenvalue weighted by molar-refractivity contribution is -0.143. The molecule has 94 heavy (non-hydrogen) atoms. The summed E-state index contributed by atoms with van der Waals surface area (Å²) in [7, 11) is 0. The minimum Gasteiger partial charge on any atom is -0.466 e. The van der Waals surface area contributed by atoms with E-state index in [-0.39, 0.29) is 18.5 Å². The second-order valence-electron chi connectivity index (χ2n) is 30.2. The molecule has 0 aromatic rings. The molecule has 2 unspecified atom stereocenters. The zero-order chi connectivity index (χ0) is 67.7. The van der Waals surface area contributed by atoms with Crippen LogP contribution in [0.2, 0.25) is 0 Å². The van der Waals surface area contributed by atoms with E-state index in [4.69, 9.17) is 4.74 Å². The summed E-state index contributed by atoms with van der Waals surface area (Å²) in [4.78, 5) is 24.7. The van der Waals surface area contributed by atoms with E-state index in [1.165, 1.54) is 424 Å². The van der Waals surface area contributed by atoms with Gasteiger partial charge in [-0.15, -0.1) is 0 Å². The average Bonchev–Trinajstić information content (AvgIpc) is 3.50. The van der Waals surface area contributed by atoms with Crippen LogP contribution in [0.1, 0.15) is 502 Å². The van der Waals surface area contributed by atoms with Crippen LogP contribution in [0.15, 0.2) is 24.3 Å². The fraction of sp³-hybridized carbons (Fsp3) is 0.932. The van der Waals surface area contributed by atoms with Crippen molar-refractivity contribution in [1.29, 1.82) is 0 Å². The van der Waals surface area contributed by atoms with E-state index in [1.54, 1.807) is 0 Å². The highest BCUT2D eigenvalue weighted by atomic mass is 16.5. The van der Waals surface area contributed by atoms with E-state index >= 15 is 0 Å². The molecule has 0 radical (unpaired) electrons. The average molecular weight is 1320 g/mol. The molecule has 1 amide bonds. The Hall–Kier alpha value is -1.66. The maximum absolute atomic E-state index is 12.6. The minimum atomic E-state index is -0.663. The maximum atomic E-state index is 12.6. The summed E-state index contributed by atoms with van der Waals surface area (Å²) >= 11 is 0. The quantitative estimate of drug-likeness (QED) is 0.0320. The Morgan fingerprint density at radius 1 is 0.298 bits per heavy atom. The summed E-state index contributed by atoms with van der Waals surface area (Å²) < 4.78 is 5.52. The number of hydrogen-bond acceptors (Lipinski definition) is 5. The first-order chi connectivity index (χ1) is 46.5. The summed E-state index contributed by atoms with van der Waals surface area (Å²) in [6.45, 7) is 5.02. The van der Waals surface area contributed by atoms with Crippen LogP contribution in [0.4, 0.5) is 0 Å². The number of esters is 1. The van der Waals surface area contributed by atoms with Gasteiger partial charge >= 0.3 is 5.97 Å². The van der Waals surface area contributed by atoms with Gasteiger partial charge in [-0.25, -0.2) is 0 Å². The van der Waals surface area contributed by atoms with Gasteiger partial charge in [-0.2, -0.15) is 0 Å². The highest BCUT2D eigenvalue weighted by Crippen LogP contribution is 2.21. The lowest BCUT2D eigenvalue weighted by Gasteiger charge is -2.22. The number of nitrogens with one attached hydrogen (secondary N) is 1. The van der Waals surface area contributed by atoms with Crippen molar-refractivity contribution < 1.29 is 24.5 Å². The van der Waals surface area contributed by atoms with Crippen LogP contribution in [0.25, 0.3) is 0 Å². The number of unbranched alkanes of at least 4 members (excludes halogenated alkanes) is 68. The largest absolute Gasteiger partial charge is 0.466 e. The Labute approximate surface area is 590 Å². The molecule has 0 bridgehead atoms. The molecule has 0 aliphatic rings. The summed E-state index contributed by atoms with van der Waals surface area (Å²) in [5.41, 5.74) is 0. The molecule has 0 rings (SSSR count). The number of carbonyl (C=O) groups excluding carboxylic acids is 2. The number of carbonyl (C=O) groups is 2. The molecule has 0 heterocycles. The molecule has 6 nitrogen and oxygen atoms in total. The number of ether oxygens (including phenoxy) is 1. The maximum Gasteiger partial charge on any atom is 0.305 e. The third-order valence-electron chi connectivity index (χ3n) is 20.8. The van der Waals surface area contributed by atoms with Gasteiger partial charge in [-0.3, -0.25) is 9.59 Å². The summed E-state index contributed by atoms with van der Waals surface area (Å²) in [6, 6.07) is -0.540. The van der Waals surface area contributed by atoms with Crippen LogP contribution in [-0.2, 0) is 14.3 Å². The Morgan fingerprint density at radius 2 is 0.532 bits per heavy atom. The smallest absolute Gasteiger partial charge is 0.305 e. The molecule has 0 fully saturated rings. The number of rotatable bonds is 83. The lowest BCUT2D eigenvalue weighted by atomic mass is 10.0. The number of aliphatic hydroxyl groups excluding tert-OH is 2. The van der Waals surface area contributed by atoms with Crippen molar-refractivity contribution in [2.75, 3.05) is 13.2 Å². The molecule has 0 aromatic carbocycles. The molecule has 0 saturated carbocycles. The van der Waals surface area contributed by atoms with E-state index < -0.39 is 12.1 Å². The number of allylic oxidation sites excluding steroid dienone is 4. The molecule has 0 saturated heterocycles. The molecule has 0 aliphatic carbocycles. The van der Waals surface area contributed by atoms with Gasteiger partial charge in [0.1, 0.15) is 0 Å². The predicted octanol–water partition coefficient (Wildman–Crippen LogP) is 29.2. The van der Waals surface area contributed by atoms with Gasteiger partial charge in [-0.1, -0.05) is 456 Å². The minimum absolute atomic E-state index is 0.0260. The zero-order valence-electron chi connectivity index (χ0n) is 64.2. The van der Waals surface area contributed by atoms with Gasteiger partial charge in [0, 0.05) is 12.8 Å². The monoisotopic (exact) mass is 1320 g/mol.